The summed E-state index contributed by atoms with van der Waals surface area (Å²) in [5, 5.41) is 11.0. The molecule has 0 bridgehead atoms. The lowest BCUT2D eigenvalue weighted by atomic mass is 10.2. The molecule has 6 nitrogen and oxygen atoms in total. The summed E-state index contributed by atoms with van der Waals surface area (Å²) < 4.78 is 27.1. The minimum atomic E-state index is -3.79. The Labute approximate surface area is 145 Å². The van der Waals surface area contributed by atoms with Crippen molar-refractivity contribution in [1.82, 2.24) is 0 Å². The summed E-state index contributed by atoms with van der Waals surface area (Å²) >= 11 is 1.52. The molecule has 0 aliphatic carbocycles. The highest BCUT2D eigenvalue weighted by Gasteiger charge is 2.26. The van der Waals surface area contributed by atoms with Crippen molar-refractivity contribution in [3.8, 4) is 0 Å². The topological polar surface area (TPSA) is 80.5 Å². The first-order valence-corrected chi connectivity index (χ1v) is 9.89. The lowest BCUT2D eigenvalue weighted by Gasteiger charge is -2.24. The van der Waals surface area contributed by atoms with Gasteiger partial charge in [0.05, 0.1) is 15.5 Å². The molecule has 2 aromatic rings. The molecule has 0 aliphatic heterocycles. The normalized spacial score (nSPS) is 11.3. The number of nitro benzene ring substituents is 1. The average molecular weight is 366 g/mol. The van der Waals surface area contributed by atoms with Crippen LogP contribution in [0.25, 0.3) is 0 Å². The Morgan fingerprint density at radius 1 is 1.17 bits per heavy atom. The maximum Gasteiger partial charge on any atom is 0.271 e. The summed E-state index contributed by atoms with van der Waals surface area (Å²) in [6, 6.07) is 10.8. The molecule has 0 saturated carbocycles. The molecule has 0 aliphatic rings. The molecule has 2 rings (SSSR count). The molecule has 0 atom stereocenters. The molecule has 0 fully saturated rings. The van der Waals surface area contributed by atoms with Gasteiger partial charge in [0, 0.05) is 23.6 Å². The fourth-order valence-electron chi connectivity index (χ4n) is 2.32. The van der Waals surface area contributed by atoms with Gasteiger partial charge in [-0.1, -0.05) is 6.07 Å². The third kappa shape index (κ3) is 3.54. The Balaban J connectivity index is 2.53. The lowest BCUT2D eigenvalue weighted by molar-refractivity contribution is -0.384. The molecule has 24 heavy (non-hydrogen) atoms. The minimum Gasteiger partial charge on any atom is -0.266 e. The molecule has 0 unspecified atom stereocenters. The number of non-ortho nitro benzene ring substituents is 1. The van der Waals surface area contributed by atoms with Crippen molar-refractivity contribution in [3.05, 3.63) is 58.1 Å². The first kappa shape index (κ1) is 18.3. The third-order valence-electron chi connectivity index (χ3n) is 3.61. The molecular formula is C16H18N2O4S2. The van der Waals surface area contributed by atoms with Crippen molar-refractivity contribution in [2.45, 2.75) is 23.6 Å². The van der Waals surface area contributed by atoms with Crippen molar-refractivity contribution in [2.75, 3.05) is 17.1 Å². The number of hydrogen-bond acceptors (Lipinski definition) is 5. The van der Waals surface area contributed by atoms with Crippen LogP contribution in [0.4, 0.5) is 11.4 Å². The van der Waals surface area contributed by atoms with Gasteiger partial charge < -0.3 is 0 Å². The van der Waals surface area contributed by atoms with E-state index >= 15 is 0 Å². The number of nitrogens with zero attached hydrogens (tertiary/aromatic N) is 2. The highest BCUT2D eigenvalue weighted by molar-refractivity contribution is 7.98. The Morgan fingerprint density at radius 3 is 2.29 bits per heavy atom. The van der Waals surface area contributed by atoms with E-state index < -0.39 is 14.9 Å². The lowest BCUT2D eigenvalue weighted by Crippen LogP contribution is -2.31. The van der Waals surface area contributed by atoms with E-state index in [1.165, 1.54) is 28.2 Å². The number of anilines is 1. The zero-order valence-corrected chi connectivity index (χ0v) is 15.2. The van der Waals surface area contributed by atoms with Gasteiger partial charge in [-0.3, -0.25) is 14.4 Å². The predicted octanol–water partition coefficient (Wildman–Crippen LogP) is 3.84. The molecular weight excluding hydrogens is 348 g/mol. The van der Waals surface area contributed by atoms with E-state index in [0.717, 1.165) is 4.90 Å². The molecule has 0 heterocycles. The number of benzene rings is 2. The van der Waals surface area contributed by atoms with Crippen LogP contribution in [0.15, 0.2) is 52.3 Å². The summed E-state index contributed by atoms with van der Waals surface area (Å²) in [5.41, 5.74) is 0.842. The number of sulfonamides is 1. The van der Waals surface area contributed by atoms with Gasteiger partial charge in [0.1, 0.15) is 0 Å². The van der Waals surface area contributed by atoms with E-state index in [4.69, 9.17) is 0 Å². The van der Waals surface area contributed by atoms with Crippen LogP contribution in [-0.4, -0.2) is 26.1 Å². The summed E-state index contributed by atoms with van der Waals surface area (Å²) in [4.78, 5) is 11.6. The van der Waals surface area contributed by atoms with Gasteiger partial charge in [0.25, 0.3) is 15.7 Å². The van der Waals surface area contributed by atoms with Gasteiger partial charge in [0.15, 0.2) is 0 Å². The van der Waals surface area contributed by atoms with Gasteiger partial charge in [-0.05, 0) is 49.9 Å². The van der Waals surface area contributed by atoms with E-state index in [1.54, 1.807) is 44.2 Å². The summed E-state index contributed by atoms with van der Waals surface area (Å²) in [5.74, 6) is 0. The molecule has 0 radical (unpaired) electrons. The predicted molar refractivity (Wildman–Crippen MR) is 96.3 cm³/mol. The fourth-order valence-corrected chi connectivity index (χ4v) is 4.26. The van der Waals surface area contributed by atoms with Crippen molar-refractivity contribution < 1.29 is 13.3 Å². The van der Waals surface area contributed by atoms with Crippen LogP contribution in [0.3, 0.4) is 0 Å². The Hall–Kier alpha value is -2.06. The maximum atomic E-state index is 12.9. The SMILES string of the molecule is CCN(c1cc([N+](=O)[O-])ccc1C)S(=O)(=O)c1ccc(SC)cc1. The van der Waals surface area contributed by atoms with E-state index in [-0.39, 0.29) is 17.1 Å². The monoisotopic (exact) mass is 366 g/mol. The second-order valence-corrected chi connectivity index (χ2v) is 7.82. The third-order valence-corrected chi connectivity index (χ3v) is 6.25. The van der Waals surface area contributed by atoms with E-state index in [9.17, 15) is 18.5 Å². The summed E-state index contributed by atoms with van der Waals surface area (Å²) in [6.07, 6.45) is 1.91. The maximum absolute atomic E-state index is 12.9. The Bertz CT molecular complexity index is 849. The van der Waals surface area contributed by atoms with Crippen molar-refractivity contribution in [2.24, 2.45) is 0 Å². The van der Waals surface area contributed by atoms with E-state index in [2.05, 4.69) is 0 Å². The molecule has 0 amide bonds. The Kier molecular flexibility index (Phi) is 5.51. The highest BCUT2D eigenvalue weighted by atomic mass is 32.2. The molecule has 0 saturated heterocycles. The highest BCUT2D eigenvalue weighted by Crippen LogP contribution is 2.30. The average Bonchev–Trinajstić information content (AvgIpc) is 2.56. The zero-order valence-electron chi connectivity index (χ0n) is 13.6. The molecule has 128 valence electrons. The molecule has 0 spiro atoms. The minimum absolute atomic E-state index is 0.137. The quantitative estimate of drug-likeness (QED) is 0.441. The van der Waals surface area contributed by atoms with Gasteiger partial charge in [-0.25, -0.2) is 8.42 Å². The molecule has 8 heteroatoms. The van der Waals surface area contributed by atoms with Gasteiger partial charge >= 0.3 is 0 Å². The van der Waals surface area contributed by atoms with Crippen LogP contribution >= 0.6 is 11.8 Å². The first-order chi connectivity index (χ1) is 11.3. The van der Waals surface area contributed by atoms with E-state index in [0.29, 0.717) is 11.3 Å². The van der Waals surface area contributed by atoms with Crippen molar-refractivity contribution in [1.29, 1.82) is 0 Å². The smallest absolute Gasteiger partial charge is 0.266 e. The molecule has 0 N–H and O–H groups in total. The first-order valence-electron chi connectivity index (χ1n) is 7.23. The van der Waals surface area contributed by atoms with Crippen LogP contribution in [0, 0.1) is 17.0 Å². The van der Waals surface area contributed by atoms with Crippen LogP contribution in [0.2, 0.25) is 0 Å². The number of rotatable bonds is 6. The summed E-state index contributed by atoms with van der Waals surface area (Å²) in [7, 11) is -3.79. The second kappa shape index (κ2) is 7.23. The van der Waals surface area contributed by atoms with Gasteiger partial charge in [0.2, 0.25) is 0 Å². The van der Waals surface area contributed by atoms with Crippen LogP contribution in [-0.2, 0) is 10.0 Å². The molecule has 0 aromatic heterocycles. The van der Waals surface area contributed by atoms with Crippen LogP contribution < -0.4 is 4.31 Å². The molecule has 2 aromatic carbocycles. The fraction of sp³-hybridized carbons (Fsp3) is 0.250. The summed E-state index contributed by atoms with van der Waals surface area (Å²) in [6.45, 7) is 3.61. The van der Waals surface area contributed by atoms with Gasteiger partial charge in [-0.2, -0.15) is 0 Å². The van der Waals surface area contributed by atoms with E-state index in [1.807, 2.05) is 6.26 Å². The zero-order chi connectivity index (χ0) is 17.9. The van der Waals surface area contributed by atoms with Gasteiger partial charge in [-0.15, -0.1) is 11.8 Å². The largest absolute Gasteiger partial charge is 0.271 e. The standard InChI is InChI=1S/C16H18N2O4S2/c1-4-17(16-11-13(18(19)20)6-5-12(16)2)24(21,22)15-9-7-14(23-3)8-10-15/h5-11H,4H2,1-3H3. The van der Waals surface area contributed by atoms with Crippen LogP contribution in [0.1, 0.15) is 12.5 Å². The number of nitro groups is 1. The number of thioether (sulfide) groups is 1. The number of aryl methyl sites for hydroxylation is 1. The number of hydrogen-bond donors (Lipinski definition) is 0. The Morgan fingerprint density at radius 2 is 1.79 bits per heavy atom. The van der Waals surface area contributed by atoms with Crippen LogP contribution in [0.5, 0.6) is 0 Å². The second-order valence-electron chi connectivity index (χ2n) is 5.07. The van der Waals surface area contributed by atoms with Crippen molar-refractivity contribution in [3.63, 3.8) is 0 Å². The van der Waals surface area contributed by atoms with Crippen molar-refractivity contribution >= 4 is 33.2 Å².